The van der Waals surface area contributed by atoms with Crippen molar-refractivity contribution < 1.29 is 4.79 Å². The molecule has 0 aliphatic rings. The lowest BCUT2D eigenvalue weighted by atomic mass is 10.2. The number of aryl methyl sites for hydroxylation is 1. The number of nitrogens with zero attached hydrogens (tertiary/aromatic N) is 1. The molecule has 0 aliphatic heterocycles. The zero-order valence-corrected chi connectivity index (χ0v) is 14.6. The Morgan fingerprint density at radius 2 is 1.96 bits per heavy atom. The van der Waals surface area contributed by atoms with E-state index in [-0.39, 0.29) is 12.3 Å². The molecule has 4 nitrogen and oxygen atoms in total. The summed E-state index contributed by atoms with van der Waals surface area (Å²) in [5.41, 5.74) is 3.55. The lowest BCUT2D eigenvalue weighted by Crippen LogP contribution is -2.14. The fourth-order valence-electron chi connectivity index (χ4n) is 2.14. The van der Waals surface area contributed by atoms with Gasteiger partial charge in [0.2, 0.25) is 5.91 Å². The van der Waals surface area contributed by atoms with Crippen molar-refractivity contribution in [1.82, 2.24) is 4.98 Å². The van der Waals surface area contributed by atoms with Crippen LogP contribution in [0, 0.1) is 6.92 Å². The number of rotatable bonds is 5. The molecule has 0 aliphatic carbocycles. The van der Waals surface area contributed by atoms with E-state index >= 15 is 0 Å². The lowest BCUT2D eigenvalue weighted by molar-refractivity contribution is -0.115. The van der Waals surface area contributed by atoms with Crippen LogP contribution in [0.2, 0.25) is 5.02 Å². The monoisotopic (exact) mass is 357 g/mol. The van der Waals surface area contributed by atoms with Gasteiger partial charge in [-0.05, 0) is 37.3 Å². The molecule has 2 aromatic carbocycles. The number of halogens is 1. The number of amides is 1. The van der Waals surface area contributed by atoms with Gasteiger partial charge in [-0.15, -0.1) is 11.3 Å². The number of hydrogen-bond acceptors (Lipinski definition) is 4. The highest BCUT2D eigenvalue weighted by Gasteiger charge is 2.08. The molecule has 0 fully saturated rings. The van der Waals surface area contributed by atoms with E-state index in [4.69, 9.17) is 11.6 Å². The molecule has 3 aromatic rings. The number of carbonyl (C=O) groups excluding carboxylic acids is 1. The summed E-state index contributed by atoms with van der Waals surface area (Å²) in [6, 6.07) is 15.1. The maximum Gasteiger partial charge on any atom is 0.230 e. The van der Waals surface area contributed by atoms with E-state index in [1.54, 1.807) is 0 Å². The Morgan fingerprint density at radius 1 is 1.17 bits per heavy atom. The van der Waals surface area contributed by atoms with Crippen molar-refractivity contribution in [2.75, 3.05) is 10.6 Å². The smallest absolute Gasteiger partial charge is 0.230 e. The zero-order valence-electron chi connectivity index (χ0n) is 13.0. The van der Waals surface area contributed by atoms with E-state index in [2.05, 4.69) is 15.6 Å². The van der Waals surface area contributed by atoms with Crippen molar-refractivity contribution in [2.45, 2.75) is 13.3 Å². The van der Waals surface area contributed by atoms with Gasteiger partial charge in [-0.25, -0.2) is 4.98 Å². The van der Waals surface area contributed by atoms with Crippen molar-refractivity contribution in [3.8, 4) is 0 Å². The van der Waals surface area contributed by atoms with Gasteiger partial charge in [0.1, 0.15) is 0 Å². The minimum absolute atomic E-state index is 0.0848. The topological polar surface area (TPSA) is 54.0 Å². The minimum Gasteiger partial charge on any atom is -0.331 e. The highest BCUT2D eigenvalue weighted by atomic mass is 35.5. The Balaban J connectivity index is 1.59. The summed E-state index contributed by atoms with van der Waals surface area (Å²) in [7, 11) is 0. The molecule has 1 aromatic heterocycles. The highest BCUT2D eigenvalue weighted by Crippen LogP contribution is 2.23. The average Bonchev–Trinajstić information content (AvgIpc) is 2.96. The number of nitrogens with one attached hydrogen (secondary N) is 2. The first-order valence-corrected chi connectivity index (χ1v) is 8.68. The number of anilines is 3. The molecule has 0 atom stereocenters. The van der Waals surface area contributed by atoms with Crippen molar-refractivity contribution in [2.24, 2.45) is 0 Å². The Hall–Kier alpha value is -2.37. The van der Waals surface area contributed by atoms with E-state index in [1.807, 2.05) is 60.8 Å². The second-order valence-corrected chi connectivity index (χ2v) is 6.66. The summed E-state index contributed by atoms with van der Waals surface area (Å²) < 4.78 is 0. The summed E-state index contributed by atoms with van der Waals surface area (Å²) in [5.74, 6) is -0.0848. The number of aromatic nitrogens is 1. The Labute approximate surface area is 149 Å². The van der Waals surface area contributed by atoms with Crippen molar-refractivity contribution in [3.63, 3.8) is 0 Å². The van der Waals surface area contributed by atoms with Crippen LogP contribution in [0.15, 0.2) is 53.9 Å². The molecule has 0 saturated carbocycles. The van der Waals surface area contributed by atoms with Crippen molar-refractivity contribution in [3.05, 3.63) is 70.2 Å². The third-order valence-electron chi connectivity index (χ3n) is 3.30. The Morgan fingerprint density at radius 3 is 2.71 bits per heavy atom. The molecule has 0 unspecified atom stereocenters. The molecule has 24 heavy (non-hydrogen) atoms. The first-order chi connectivity index (χ1) is 11.6. The van der Waals surface area contributed by atoms with Gasteiger partial charge in [-0.2, -0.15) is 0 Å². The van der Waals surface area contributed by atoms with E-state index < -0.39 is 0 Å². The normalized spacial score (nSPS) is 10.4. The van der Waals surface area contributed by atoms with Crippen LogP contribution in [-0.4, -0.2) is 10.9 Å². The van der Waals surface area contributed by atoms with Gasteiger partial charge in [0.25, 0.3) is 0 Å². The molecular weight excluding hydrogens is 342 g/mol. The van der Waals surface area contributed by atoms with Crippen LogP contribution < -0.4 is 10.6 Å². The first-order valence-electron chi connectivity index (χ1n) is 7.42. The standard InChI is InChI=1S/C18H16ClN3OS/c1-12-5-7-14(8-6-12)20-17(23)10-16-11-24-18(22-16)21-15-4-2-3-13(19)9-15/h2-9,11H,10H2,1H3,(H,20,23)(H,21,22). The van der Waals surface area contributed by atoms with Crippen LogP contribution >= 0.6 is 22.9 Å². The Bertz CT molecular complexity index is 845. The number of benzene rings is 2. The second-order valence-electron chi connectivity index (χ2n) is 5.37. The van der Waals surface area contributed by atoms with Gasteiger partial charge in [-0.1, -0.05) is 35.4 Å². The summed E-state index contributed by atoms with van der Waals surface area (Å²) in [6.45, 7) is 2.01. The maximum absolute atomic E-state index is 12.1. The summed E-state index contributed by atoms with van der Waals surface area (Å²) >= 11 is 7.42. The third-order valence-corrected chi connectivity index (χ3v) is 4.35. The van der Waals surface area contributed by atoms with E-state index in [0.29, 0.717) is 5.02 Å². The average molecular weight is 358 g/mol. The number of thiazole rings is 1. The quantitative estimate of drug-likeness (QED) is 0.673. The molecule has 1 heterocycles. The van der Waals surface area contributed by atoms with E-state index in [0.717, 1.165) is 27.8 Å². The SMILES string of the molecule is Cc1ccc(NC(=O)Cc2csc(Nc3cccc(Cl)c3)n2)cc1. The molecule has 3 rings (SSSR count). The van der Waals surface area contributed by atoms with Crippen molar-refractivity contribution >= 4 is 45.4 Å². The van der Waals surface area contributed by atoms with E-state index in [9.17, 15) is 4.79 Å². The molecule has 1 amide bonds. The molecule has 0 spiro atoms. The van der Waals surface area contributed by atoms with Crippen LogP contribution in [-0.2, 0) is 11.2 Å². The van der Waals surface area contributed by atoms with Gasteiger partial charge in [0.05, 0.1) is 12.1 Å². The molecule has 2 N–H and O–H groups in total. The first kappa shape index (κ1) is 16.5. The minimum atomic E-state index is -0.0848. The zero-order chi connectivity index (χ0) is 16.9. The molecule has 0 bridgehead atoms. The predicted octanol–water partition coefficient (Wildman–Crippen LogP) is 5.03. The number of hydrogen-bond donors (Lipinski definition) is 2. The summed E-state index contributed by atoms with van der Waals surface area (Å²) in [6.07, 6.45) is 0.238. The van der Waals surface area contributed by atoms with Gasteiger partial charge < -0.3 is 10.6 Å². The predicted molar refractivity (Wildman–Crippen MR) is 100 cm³/mol. The molecular formula is C18H16ClN3OS. The van der Waals surface area contributed by atoms with Crippen LogP contribution in [0.5, 0.6) is 0 Å². The Kier molecular flexibility index (Phi) is 5.13. The fourth-order valence-corrected chi connectivity index (χ4v) is 3.06. The molecule has 6 heteroatoms. The lowest BCUT2D eigenvalue weighted by Gasteiger charge is -2.04. The van der Waals surface area contributed by atoms with Crippen LogP contribution in [0.1, 0.15) is 11.3 Å². The fraction of sp³-hybridized carbons (Fsp3) is 0.111. The van der Waals surface area contributed by atoms with Crippen LogP contribution in [0.25, 0.3) is 0 Å². The summed E-state index contributed by atoms with van der Waals surface area (Å²) in [5, 5.41) is 9.33. The largest absolute Gasteiger partial charge is 0.331 e. The van der Waals surface area contributed by atoms with Crippen LogP contribution in [0.3, 0.4) is 0 Å². The second kappa shape index (κ2) is 7.47. The van der Waals surface area contributed by atoms with E-state index in [1.165, 1.54) is 11.3 Å². The molecule has 0 saturated heterocycles. The summed E-state index contributed by atoms with van der Waals surface area (Å²) in [4.78, 5) is 16.5. The number of carbonyl (C=O) groups is 1. The maximum atomic E-state index is 12.1. The highest BCUT2D eigenvalue weighted by molar-refractivity contribution is 7.13. The third kappa shape index (κ3) is 4.57. The molecule has 122 valence electrons. The van der Waals surface area contributed by atoms with Crippen LogP contribution in [0.4, 0.5) is 16.5 Å². The van der Waals surface area contributed by atoms with Crippen molar-refractivity contribution in [1.29, 1.82) is 0 Å². The van der Waals surface area contributed by atoms with Gasteiger partial charge in [-0.3, -0.25) is 4.79 Å². The van der Waals surface area contributed by atoms with Gasteiger partial charge in [0, 0.05) is 21.8 Å². The molecule has 0 radical (unpaired) electrons. The van der Waals surface area contributed by atoms with Gasteiger partial charge in [0.15, 0.2) is 5.13 Å². The van der Waals surface area contributed by atoms with Gasteiger partial charge >= 0.3 is 0 Å².